The molecule has 0 spiro atoms. The zero-order valence-corrected chi connectivity index (χ0v) is 18.0. The van der Waals surface area contributed by atoms with Crippen molar-refractivity contribution >= 4 is 11.8 Å². The molecule has 0 aromatic carbocycles. The molecule has 2 aliphatic rings. The Hall–Kier alpha value is -1.95. The number of likely N-dealkylation sites (tertiary alicyclic amines) is 2. The van der Waals surface area contributed by atoms with Crippen LogP contribution in [0, 0.1) is 11.8 Å². The third-order valence-electron chi connectivity index (χ3n) is 6.62. The van der Waals surface area contributed by atoms with E-state index in [1.165, 1.54) is 0 Å². The summed E-state index contributed by atoms with van der Waals surface area (Å²) >= 11 is 0. The van der Waals surface area contributed by atoms with Gasteiger partial charge in [-0.1, -0.05) is 19.9 Å². The molecule has 160 valence electrons. The number of aromatic nitrogens is 1. The van der Waals surface area contributed by atoms with Gasteiger partial charge < -0.3 is 10.2 Å². The van der Waals surface area contributed by atoms with Crippen molar-refractivity contribution in [3.63, 3.8) is 0 Å². The molecule has 1 aromatic rings. The normalized spacial score (nSPS) is 21.3. The highest BCUT2D eigenvalue weighted by atomic mass is 16.2. The number of hydrogen-bond donors (Lipinski definition) is 1. The first kappa shape index (κ1) is 21.8. The van der Waals surface area contributed by atoms with Gasteiger partial charge in [-0.15, -0.1) is 0 Å². The summed E-state index contributed by atoms with van der Waals surface area (Å²) < 4.78 is 0. The summed E-state index contributed by atoms with van der Waals surface area (Å²) in [6.07, 6.45) is 7.67. The smallest absolute Gasteiger partial charge is 0.225 e. The molecule has 0 radical (unpaired) electrons. The predicted octanol–water partition coefficient (Wildman–Crippen LogP) is 2.84. The highest BCUT2D eigenvalue weighted by molar-refractivity contribution is 5.79. The molecule has 3 rings (SSSR count). The largest absolute Gasteiger partial charge is 0.350 e. The highest BCUT2D eigenvalue weighted by Crippen LogP contribution is 2.25. The molecule has 1 N–H and O–H groups in total. The summed E-state index contributed by atoms with van der Waals surface area (Å²) in [4.78, 5) is 34.1. The molecule has 0 saturated carbocycles. The molecule has 2 fully saturated rings. The number of hydrogen-bond acceptors (Lipinski definition) is 4. The summed E-state index contributed by atoms with van der Waals surface area (Å²) in [5.41, 5.74) is 0.892. The third kappa shape index (κ3) is 5.78. The topological polar surface area (TPSA) is 65.5 Å². The SMILES string of the molecule is CCC(CC)C(=O)N1CCC(N2CCC[C@@H](C(=O)NCc3ccccn3)C2)CC1. The maximum absolute atomic E-state index is 12.7. The van der Waals surface area contributed by atoms with Gasteiger partial charge in [-0.25, -0.2) is 0 Å². The molecular formula is C23H36N4O2. The maximum atomic E-state index is 12.7. The second-order valence-electron chi connectivity index (χ2n) is 8.44. The molecule has 29 heavy (non-hydrogen) atoms. The minimum absolute atomic E-state index is 0.0525. The first-order chi connectivity index (χ1) is 14.1. The number of rotatable bonds is 7. The first-order valence-electron chi connectivity index (χ1n) is 11.3. The van der Waals surface area contributed by atoms with Crippen molar-refractivity contribution in [1.29, 1.82) is 0 Å². The van der Waals surface area contributed by atoms with E-state index < -0.39 is 0 Å². The van der Waals surface area contributed by atoms with Crippen LogP contribution < -0.4 is 5.32 Å². The Balaban J connectivity index is 1.46. The Morgan fingerprint density at radius 2 is 1.90 bits per heavy atom. The maximum Gasteiger partial charge on any atom is 0.225 e. The van der Waals surface area contributed by atoms with Crippen LogP contribution in [-0.4, -0.2) is 58.8 Å². The molecule has 0 aliphatic carbocycles. The number of nitrogens with one attached hydrogen (secondary N) is 1. The molecule has 0 unspecified atom stereocenters. The van der Waals surface area contributed by atoms with Gasteiger partial charge in [0, 0.05) is 37.8 Å². The van der Waals surface area contributed by atoms with Gasteiger partial charge in [0.25, 0.3) is 0 Å². The van der Waals surface area contributed by atoms with Crippen LogP contribution in [0.25, 0.3) is 0 Å². The molecule has 3 heterocycles. The zero-order valence-electron chi connectivity index (χ0n) is 18.0. The van der Waals surface area contributed by atoms with Gasteiger partial charge in [-0.3, -0.25) is 19.5 Å². The predicted molar refractivity (Wildman–Crippen MR) is 114 cm³/mol. The Labute approximate surface area is 175 Å². The molecule has 1 atom stereocenters. The van der Waals surface area contributed by atoms with Gasteiger partial charge in [-0.2, -0.15) is 0 Å². The monoisotopic (exact) mass is 400 g/mol. The van der Waals surface area contributed by atoms with E-state index >= 15 is 0 Å². The summed E-state index contributed by atoms with van der Waals surface area (Å²) in [5.74, 6) is 0.700. The van der Waals surface area contributed by atoms with Crippen LogP contribution in [0.4, 0.5) is 0 Å². The number of nitrogens with zero attached hydrogens (tertiary/aromatic N) is 3. The van der Waals surface area contributed by atoms with Gasteiger partial charge in [0.15, 0.2) is 0 Å². The average molecular weight is 401 g/mol. The number of amides is 2. The molecule has 6 heteroatoms. The Morgan fingerprint density at radius 3 is 2.55 bits per heavy atom. The van der Waals surface area contributed by atoms with Crippen molar-refractivity contribution in [3.8, 4) is 0 Å². The number of piperidine rings is 2. The van der Waals surface area contributed by atoms with Crippen molar-refractivity contribution in [3.05, 3.63) is 30.1 Å². The van der Waals surface area contributed by atoms with E-state index in [2.05, 4.69) is 33.9 Å². The average Bonchev–Trinajstić information content (AvgIpc) is 2.79. The van der Waals surface area contributed by atoms with E-state index in [0.717, 1.165) is 70.4 Å². The van der Waals surface area contributed by atoms with Crippen LogP contribution in [0.1, 0.15) is 58.1 Å². The van der Waals surface area contributed by atoms with Gasteiger partial charge in [0.1, 0.15) is 0 Å². The number of pyridine rings is 1. The second kappa shape index (κ2) is 10.7. The third-order valence-corrected chi connectivity index (χ3v) is 6.62. The van der Waals surface area contributed by atoms with Crippen LogP contribution >= 0.6 is 0 Å². The lowest BCUT2D eigenvalue weighted by atomic mass is 9.92. The highest BCUT2D eigenvalue weighted by Gasteiger charge is 2.33. The van der Waals surface area contributed by atoms with Crippen molar-refractivity contribution < 1.29 is 9.59 Å². The lowest BCUT2D eigenvalue weighted by Crippen LogP contribution is -2.52. The van der Waals surface area contributed by atoms with Crippen molar-refractivity contribution in [2.75, 3.05) is 26.2 Å². The quantitative estimate of drug-likeness (QED) is 0.764. The summed E-state index contributed by atoms with van der Waals surface area (Å²) in [7, 11) is 0. The molecule has 6 nitrogen and oxygen atoms in total. The van der Waals surface area contributed by atoms with Gasteiger partial charge in [0.05, 0.1) is 18.2 Å². The Morgan fingerprint density at radius 1 is 1.14 bits per heavy atom. The fourth-order valence-electron chi connectivity index (χ4n) is 4.72. The number of carbonyl (C=O) groups excluding carboxylic acids is 2. The molecule has 0 bridgehead atoms. The Bertz CT molecular complexity index is 654. The molecular weight excluding hydrogens is 364 g/mol. The van der Waals surface area contributed by atoms with Crippen molar-refractivity contribution in [2.45, 2.75) is 65.0 Å². The van der Waals surface area contributed by atoms with Crippen molar-refractivity contribution in [2.24, 2.45) is 11.8 Å². The van der Waals surface area contributed by atoms with E-state index in [1.807, 2.05) is 18.2 Å². The molecule has 1 aromatic heterocycles. The number of carbonyl (C=O) groups is 2. The van der Waals surface area contributed by atoms with Gasteiger partial charge in [0.2, 0.25) is 11.8 Å². The zero-order chi connectivity index (χ0) is 20.6. The van der Waals surface area contributed by atoms with E-state index in [-0.39, 0.29) is 17.7 Å². The first-order valence-corrected chi connectivity index (χ1v) is 11.3. The summed E-state index contributed by atoms with van der Waals surface area (Å²) in [6, 6.07) is 6.25. The van der Waals surface area contributed by atoms with Gasteiger partial charge >= 0.3 is 0 Å². The molecule has 2 aliphatic heterocycles. The summed E-state index contributed by atoms with van der Waals surface area (Å²) in [5, 5.41) is 3.06. The van der Waals surface area contributed by atoms with Crippen LogP contribution in [0.15, 0.2) is 24.4 Å². The minimum atomic E-state index is 0.0525. The lowest BCUT2D eigenvalue weighted by molar-refractivity contribution is -0.137. The van der Waals surface area contributed by atoms with Gasteiger partial charge in [-0.05, 0) is 57.2 Å². The van der Waals surface area contributed by atoms with Crippen LogP contribution in [0.2, 0.25) is 0 Å². The minimum Gasteiger partial charge on any atom is -0.350 e. The fraction of sp³-hybridized carbons (Fsp3) is 0.696. The van der Waals surface area contributed by atoms with Crippen LogP contribution in [-0.2, 0) is 16.1 Å². The van der Waals surface area contributed by atoms with E-state index in [9.17, 15) is 9.59 Å². The van der Waals surface area contributed by atoms with Crippen molar-refractivity contribution in [1.82, 2.24) is 20.1 Å². The molecule has 2 saturated heterocycles. The molecule has 2 amide bonds. The summed E-state index contributed by atoms with van der Waals surface area (Å²) in [6.45, 7) is 8.30. The van der Waals surface area contributed by atoms with Crippen LogP contribution in [0.3, 0.4) is 0 Å². The Kier molecular flexibility index (Phi) is 8.04. The van der Waals surface area contributed by atoms with E-state index in [0.29, 0.717) is 18.5 Å². The lowest BCUT2D eigenvalue weighted by Gasteiger charge is -2.42. The van der Waals surface area contributed by atoms with E-state index in [4.69, 9.17) is 0 Å². The van der Waals surface area contributed by atoms with E-state index in [1.54, 1.807) is 6.20 Å². The standard InChI is InChI=1S/C23H36N4O2/c1-3-18(4-2)23(29)26-14-10-21(11-15-26)27-13-7-8-19(17-27)22(28)25-16-20-9-5-6-12-24-20/h5-6,9,12,18-19,21H,3-4,7-8,10-11,13-17H2,1-2H3,(H,25,28)/t19-/m1/s1. The van der Waals surface area contributed by atoms with Crippen LogP contribution in [0.5, 0.6) is 0 Å². The second-order valence-corrected chi connectivity index (χ2v) is 8.44. The fourth-order valence-corrected chi connectivity index (χ4v) is 4.72.